The number of rotatable bonds is 5. The highest BCUT2D eigenvalue weighted by molar-refractivity contribution is 5.85. The van der Waals surface area contributed by atoms with Crippen LogP contribution in [0.4, 0.5) is 0 Å². The van der Waals surface area contributed by atoms with Gasteiger partial charge >= 0.3 is 0 Å². The fourth-order valence-electron chi connectivity index (χ4n) is 1.95. The summed E-state index contributed by atoms with van der Waals surface area (Å²) >= 11 is 0. The second-order valence-corrected chi connectivity index (χ2v) is 6.05. The van der Waals surface area contributed by atoms with Crippen molar-refractivity contribution in [1.29, 1.82) is 0 Å². The highest BCUT2D eigenvalue weighted by Gasteiger charge is 2.13. The van der Waals surface area contributed by atoms with Gasteiger partial charge in [0.25, 0.3) is 0 Å². The first-order chi connectivity index (χ1) is 9.37. The number of benzene rings is 1. The molecule has 0 aliphatic carbocycles. The molecule has 1 aromatic carbocycles. The maximum Gasteiger partial charge on any atom is 0.130 e. The van der Waals surface area contributed by atoms with E-state index in [9.17, 15) is 5.11 Å². The summed E-state index contributed by atoms with van der Waals surface area (Å²) in [5.74, 6) is 0.755. The van der Waals surface area contributed by atoms with Crippen molar-refractivity contribution < 1.29 is 9.84 Å². The molecule has 1 unspecified atom stereocenters. The number of nitrogens with zero attached hydrogens (tertiary/aromatic N) is 2. The molecule has 0 radical (unpaired) electrons. The zero-order chi connectivity index (χ0) is 14.8. The minimum Gasteiger partial charge on any atom is -0.490 e. The van der Waals surface area contributed by atoms with Crippen LogP contribution < -0.4 is 10.1 Å². The topological polar surface area (TPSA) is 59.3 Å². The van der Waals surface area contributed by atoms with Gasteiger partial charge < -0.3 is 15.2 Å². The molecular weight excluding hydrogens is 254 g/mol. The van der Waals surface area contributed by atoms with Crippen molar-refractivity contribution in [3.63, 3.8) is 0 Å². The van der Waals surface area contributed by atoms with Crippen molar-refractivity contribution in [2.45, 2.75) is 32.4 Å². The number of hydrogen-bond donors (Lipinski definition) is 2. The zero-order valence-corrected chi connectivity index (χ0v) is 12.6. The number of fused-ring (bicyclic) bond motifs is 1. The molecule has 0 saturated carbocycles. The van der Waals surface area contributed by atoms with Crippen LogP contribution in [0.5, 0.6) is 5.75 Å². The van der Waals surface area contributed by atoms with Crippen molar-refractivity contribution in [2.75, 3.05) is 13.2 Å². The lowest BCUT2D eigenvalue weighted by Crippen LogP contribution is -2.42. The van der Waals surface area contributed by atoms with Gasteiger partial charge in [0.1, 0.15) is 18.5 Å². The molecule has 0 spiro atoms. The summed E-state index contributed by atoms with van der Waals surface area (Å²) in [5, 5.41) is 18.4. The van der Waals surface area contributed by atoms with Gasteiger partial charge in [0.05, 0.1) is 17.1 Å². The van der Waals surface area contributed by atoms with Crippen LogP contribution in [0, 0.1) is 0 Å². The Bertz CT molecular complexity index is 572. The van der Waals surface area contributed by atoms with Gasteiger partial charge in [0.2, 0.25) is 0 Å². The molecule has 20 heavy (non-hydrogen) atoms. The average Bonchev–Trinajstić information content (AvgIpc) is 2.76. The summed E-state index contributed by atoms with van der Waals surface area (Å²) in [5.41, 5.74) is 1.01. The highest BCUT2D eigenvalue weighted by Crippen LogP contribution is 2.24. The van der Waals surface area contributed by atoms with E-state index >= 15 is 0 Å². The Morgan fingerprint density at radius 1 is 1.40 bits per heavy atom. The number of aliphatic hydroxyl groups excluding tert-OH is 1. The van der Waals surface area contributed by atoms with Crippen molar-refractivity contribution in [3.8, 4) is 5.75 Å². The fraction of sp³-hybridized carbons (Fsp3) is 0.533. The van der Waals surface area contributed by atoms with Gasteiger partial charge in [-0.1, -0.05) is 6.07 Å². The van der Waals surface area contributed by atoms with Crippen LogP contribution in [0.3, 0.4) is 0 Å². The van der Waals surface area contributed by atoms with Crippen LogP contribution in [0.25, 0.3) is 10.9 Å². The number of ether oxygens (including phenoxy) is 1. The molecule has 0 fully saturated rings. The number of aromatic nitrogens is 2. The maximum absolute atomic E-state index is 9.94. The van der Waals surface area contributed by atoms with Gasteiger partial charge in [-0.05, 0) is 32.9 Å². The van der Waals surface area contributed by atoms with Crippen LogP contribution in [0.2, 0.25) is 0 Å². The molecule has 1 aromatic heterocycles. The Labute approximate surface area is 119 Å². The summed E-state index contributed by atoms with van der Waals surface area (Å²) < 4.78 is 7.52. The number of β-amino-alcohol motifs (C(OH)–C–C–N with tert-alkyl or cyclic N) is 1. The number of nitrogens with one attached hydrogen (secondary N) is 1. The Morgan fingerprint density at radius 3 is 2.85 bits per heavy atom. The summed E-state index contributed by atoms with van der Waals surface area (Å²) in [6, 6.07) is 5.82. The zero-order valence-electron chi connectivity index (χ0n) is 12.6. The second kappa shape index (κ2) is 5.81. The smallest absolute Gasteiger partial charge is 0.130 e. The lowest BCUT2D eigenvalue weighted by atomic mass is 10.1. The lowest BCUT2D eigenvalue weighted by molar-refractivity contribution is 0.101. The second-order valence-electron chi connectivity index (χ2n) is 6.05. The van der Waals surface area contributed by atoms with E-state index < -0.39 is 6.10 Å². The van der Waals surface area contributed by atoms with Gasteiger partial charge in [-0.25, -0.2) is 0 Å². The molecular formula is C15H23N3O2. The van der Waals surface area contributed by atoms with Crippen LogP contribution in [0.15, 0.2) is 24.4 Å². The summed E-state index contributed by atoms with van der Waals surface area (Å²) in [4.78, 5) is 0. The van der Waals surface area contributed by atoms with Gasteiger partial charge in [-0.15, -0.1) is 0 Å². The number of aliphatic hydroxyl groups is 1. The molecule has 0 aliphatic rings. The molecule has 0 aliphatic heterocycles. The highest BCUT2D eigenvalue weighted by atomic mass is 16.5. The minimum atomic E-state index is -0.541. The summed E-state index contributed by atoms with van der Waals surface area (Å²) in [7, 11) is 1.90. The first kappa shape index (κ1) is 14.8. The van der Waals surface area contributed by atoms with Crippen LogP contribution in [-0.4, -0.2) is 39.7 Å². The summed E-state index contributed by atoms with van der Waals surface area (Å²) in [6.07, 6.45) is 1.24. The monoisotopic (exact) mass is 277 g/mol. The SMILES string of the molecule is Cn1ncc2c(OCC(O)CNC(C)(C)C)cccc21. The first-order valence-corrected chi connectivity index (χ1v) is 6.83. The first-order valence-electron chi connectivity index (χ1n) is 6.83. The third-order valence-electron chi connectivity index (χ3n) is 3.05. The predicted molar refractivity (Wildman–Crippen MR) is 80.0 cm³/mol. The molecule has 1 heterocycles. The Morgan fingerprint density at radius 2 is 2.15 bits per heavy atom. The molecule has 5 nitrogen and oxygen atoms in total. The lowest BCUT2D eigenvalue weighted by Gasteiger charge is -2.23. The third-order valence-corrected chi connectivity index (χ3v) is 3.05. The van der Waals surface area contributed by atoms with Crippen molar-refractivity contribution in [3.05, 3.63) is 24.4 Å². The van der Waals surface area contributed by atoms with E-state index in [1.165, 1.54) is 0 Å². The predicted octanol–water partition coefficient (Wildman–Crippen LogP) is 1.70. The fourth-order valence-corrected chi connectivity index (χ4v) is 1.95. The van der Waals surface area contributed by atoms with E-state index in [4.69, 9.17) is 4.74 Å². The van der Waals surface area contributed by atoms with Crippen molar-refractivity contribution >= 4 is 10.9 Å². The Hall–Kier alpha value is -1.59. The normalized spacial score (nSPS) is 13.7. The van der Waals surface area contributed by atoms with Gasteiger partial charge in [0.15, 0.2) is 0 Å². The molecule has 0 saturated heterocycles. The molecule has 2 aromatic rings. The van der Waals surface area contributed by atoms with Gasteiger partial charge in [-0.3, -0.25) is 4.68 Å². The molecule has 2 rings (SSSR count). The molecule has 2 N–H and O–H groups in total. The Kier molecular flexibility index (Phi) is 4.30. The van der Waals surface area contributed by atoms with E-state index in [0.717, 1.165) is 16.7 Å². The summed E-state index contributed by atoms with van der Waals surface area (Å²) in [6.45, 7) is 6.97. The van der Waals surface area contributed by atoms with Crippen LogP contribution >= 0.6 is 0 Å². The van der Waals surface area contributed by atoms with Crippen LogP contribution in [-0.2, 0) is 7.05 Å². The van der Waals surface area contributed by atoms with Crippen molar-refractivity contribution in [1.82, 2.24) is 15.1 Å². The minimum absolute atomic E-state index is 0.00958. The van der Waals surface area contributed by atoms with Gasteiger partial charge in [-0.2, -0.15) is 5.10 Å². The van der Waals surface area contributed by atoms with E-state index in [2.05, 4.69) is 31.2 Å². The van der Waals surface area contributed by atoms with E-state index in [1.807, 2.05) is 25.2 Å². The van der Waals surface area contributed by atoms with E-state index in [0.29, 0.717) is 6.54 Å². The molecule has 1 atom stereocenters. The molecule has 5 heteroatoms. The quantitative estimate of drug-likeness (QED) is 0.873. The van der Waals surface area contributed by atoms with Crippen LogP contribution in [0.1, 0.15) is 20.8 Å². The molecule has 0 amide bonds. The largest absolute Gasteiger partial charge is 0.490 e. The molecule has 0 bridgehead atoms. The average molecular weight is 277 g/mol. The van der Waals surface area contributed by atoms with E-state index in [1.54, 1.807) is 10.9 Å². The Balaban J connectivity index is 1.96. The van der Waals surface area contributed by atoms with Gasteiger partial charge in [0, 0.05) is 19.1 Å². The number of aryl methyl sites for hydroxylation is 1. The third kappa shape index (κ3) is 3.71. The number of hydrogen-bond acceptors (Lipinski definition) is 4. The van der Waals surface area contributed by atoms with Crippen molar-refractivity contribution in [2.24, 2.45) is 7.05 Å². The molecule has 110 valence electrons. The maximum atomic E-state index is 9.94. The standard InChI is InChI=1S/C15H23N3O2/c1-15(2,3)16-8-11(19)10-20-14-7-5-6-13-12(14)9-17-18(13)4/h5-7,9,11,16,19H,8,10H2,1-4H3. The van der Waals surface area contributed by atoms with E-state index in [-0.39, 0.29) is 12.1 Å².